The van der Waals surface area contributed by atoms with Crippen molar-refractivity contribution in [1.29, 1.82) is 0 Å². The molecule has 1 atom stereocenters. The van der Waals surface area contributed by atoms with Gasteiger partial charge in [0.2, 0.25) is 5.91 Å². The standard InChI is InChI=1S/C15H17FN2OS/c1-9-6-11(7-10(2)13(9)16)8-18-15(19)14(17)12-4-3-5-20-12/h3-7,14H,8,17H2,1-2H3,(H,18,19). The Bertz CT molecular complexity index is 587. The number of nitrogens with two attached hydrogens (primary N) is 1. The van der Waals surface area contributed by atoms with Crippen LogP contribution in [-0.2, 0) is 11.3 Å². The monoisotopic (exact) mass is 292 g/mol. The van der Waals surface area contributed by atoms with Crippen LogP contribution in [-0.4, -0.2) is 5.91 Å². The summed E-state index contributed by atoms with van der Waals surface area (Å²) in [5, 5.41) is 4.67. The Balaban J connectivity index is 2.00. The third kappa shape index (κ3) is 3.23. The highest BCUT2D eigenvalue weighted by Crippen LogP contribution is 2.17. The number of amides is 1. The molecule has 0 aliphatic heterocycles. The molecule has 3 N–H and O–H groups in total. The van der Waals surface area contributed by atoms with Crippen molar-refractivity contribution in [3.8, 4) is 0 Å². The Morgan fingerprint density at radius 2 is 2.05 bits per heavy atom. The summed E-state index contributed by atoms with van der Waals surface area (Å²) in [5.41, 5.74) is 7.90. The zero-order chi connectivity index (χ0) is 14.7. The summed E-state index contributed by atoms with van der Waals surface area (Å²) in [6, 6.07) is 6.51. The highest BCUT2D eigenvalue weighted by molar-refractivity contribution is 7.10. The molecule has 1 unspecified atom stereocenters. The second-order valence-corrected chi connectivity index (χ2v) is 5.73. The lowest BCUT2D eigenvalue weighted by atomic mass is 10.1. The van der Waals surface area contributed by atoms with Crippen LogP contribution in [0, 0.1) is 19.7 Å². The van der Waals surface area contributed by atoms with Crippen LogP contribution in [0.15, 0.2) is 29.6 Å². The van der Waals surface area contributed by atoms with Crippen molar-refractivity contribution < 1.29 is 9.18 Å². The van der Waals surface area contributed by atoms with Gasteiger partial charge in [0.05, 0.1) is 0 Å². The fraction of sp³-hybridized carbons (Fsp3) is 0.267. The van der Waals surface area contributed by atoms with Gasteiger partial charge < -0.3 is 11.1 Å². The average molecular weight is 292 g/mol. The number of benzene rings is 1. The maximum Gasteiger partial charge on any atom is 0.242 e. The summed E-state index contributed by atoms with van der Waals surface area (Å²) >= 11 is 1.45. The van der Waals surface area contributed by atoms with Crippen molar-refractivity contribution in [2.45, 2.75) is 26.4 Å². The minimum atomic E-state index is -0.655. The topological polar surface area (TPSA) is 55.1 Å². The zero-order valence-electron chi connectivity index (χ0n) is 11.4. The fourth-order valence-electron chi connectivity index (χ4n) is 2.03. The first-order valence-corrected chi connectivity index (χ1v) is 7.19. The second-order valence-electron chi connectivity index (χ2n) is 4.75. The third-order valence-corrected chi connectivity index (χ3v) is 4.05. The van der Waals surface area contributed by atoms with E-state index in [1.54, 1.807) is 26.0 Å². The number of halogens is 1. The largest absolute Gasteiger partial charge is 0.350 e. The summed E-state index contributed by atoms with van der Waals surface area (Å²) in [5.74, 6) is -0.428. The van der Waals surface area contributed by atoms with Crippen LogP contribution >= 0.6 is 11.3 Å². The van der Waals surface area contributed by atoms with Crippen molar-refractivity contribution in [3.63, 3.8) is 0 Å². The van der Waals surface area contributed by atoms with E-state index in [-0.39, 0.29) is 11.7 Å². The van der Waals surface area contributed by atoms with Gasteiger partial charge in [-0.15, -0.1) is 11.3 Å². The molecule has 0 aliphatic carbocycles. The SMILES string of the molecule is Cc1cc(CNC(=O)C(N)c2cccs2)cc(C)c1F. The molecule has 106 valence electrons. The molecule has 0 spiro atoms. The molecule has 2 rings (SSSR count). The molecule has 1 amide bonds. The van der Waals surface area contributed by atoms with Gasteiger partial charge in [-0.25, -0.2) is 4.39 Å². The van der Waals surface area contributed by atoms with Crippen LogP contribution in [0.2, 0.25) is 0 Å². The molecule has 0 fully saturated rings. The first-order valence-electron chi connectivity index (χ1n) is 6.31. The summed E-state index contributed by atoms with van der Waals surface area (Å²) in [6.07, 6.45) is 0. The Labute approximate surface area is 121 Å². The van der Waals surface area contributed by atoms with E-state index in [2.05, 4.69) is 5.32 Å². The number of hydrogen-bond acceptors (Lipinski definition) is 3. The molecule has 1 heterocycles. The van der Waals surface area contributed by atoms with Gasteiger partial charge in [-0.2, -0.15) is 0 Å². The van der Waals surface area contributed by atoms with E-state index in [0.29, 0.717) is 17.7 Å². The molecule has 2 aromatic rings. The number of carbonyl (C=O) groups is 1. The minimum absolute atomic E-state index is 0.199. The average Bonchev–Trinajstić information content (AvgIpc) is 2.95. The van der Waals surface area contributed by atoms with Gasteiger partial charge in [-0.1, -0.05) is 18.2 Å². The lowest BCUT2D eigenvalue weighted by Gasteiger charge is -2.12. The highest BCUT2D eigenvalue weighted by Gasteiger charge is 2.16. The minimum Gasteiger partial charge on any atom is -0.350 e. The van der Waals surface area contributed by atoms with Gasteiger partial charge >= 0.3 is 0 Å². The number of nitrogens with one attached hydrogen (secondary N) is 1. The molecule has 1 aromatic heterocycles. The Morgan fingerprint density at radius 3 is 2.60 bits per heavy atom. The number of carbonyl (C=O) groups excluding carboxylic acids is 1. The van der Waals surface area contributed by atoms with Crippen molar-refractivity contribution in [3.05, 3.63) is 57.0 Å². The normalized spacial score (nSPS) is 12.2. The van der Waals surface area contributed by atoms with Crippen molar-refractivity contribution in [2.75, 3.05) is 0 Å². The Kier molecular flexibility index (Phi) is 4.52. The quantitative estimate of drug-likeness (QED) is 0.910. The maximum absolute atomic E-state index is 13.5. The molecule has 0 radical (unpaired) electrons. The van der Waals surface area contributed by atoms with E-state index in [1.165, 1.54) is 11.3 Å². The van der Waals surface area contributed by atoms with Crippen LogP contribution in [0.3, 0.4) is 0 Å². The third-order valence-electron chi connectivity index (χ3n) is 3.10. The second kappa shape index (κ2) is 6.15. The van der Waals surface area contributed by atoms with Crippen molar-refractivity contribution in [2.24, 2.45) is 5.73 Å². The Morgan fingerprint density at radius 1 is 1.40 bits per heavy atom. The molecular formula is C15H17FN2OS. The molecule has 5 heteroatoms. The molecule has 0 saturated heterocycles. The predicted molar refractivity (Wildman–Crippen MR) is 79.0 cm³/mol. The first kappa shape index (κ1) is 14.7. The zero-order valence-corrected chi connectivity index (χ0v) is 12.3. The molecule has 1 aromatic carbocycles. The molecular weight excluding hydrogens is 275 g/mol. The van der Waals surface area contributed by atoms with Crippen LogP contribution < -0.4 is 11.1 Å². The summed E-state index contributed by atoms with van der Waals surface area (Å²) < 4.78 is 13.5. The highest BCUT2D eigenvalue weighted by atomic mass is 32.1. The van der Waals surface area contributed by atoms with Crippen LogP contribution in [0.25, 0.3) is 0 Å². The summed E-state index contributed by atoms with van der Waals surface area (Å²) in [7, 11) is 0. The van der Waals surface area contributed by atoms with E-state index in [4.69, 9.17) is 5.73 Å². The first-order chi connectivity index (χ1) is 9.49. The fourth-order valence-corrected chi connectivity index (χ4v) is 2.76. The lowest BCUT2D eigenvalue weighted by Crippen LogP contribution is -2.33. The molecule has 0 aliphatic rings. The van der Waals surface area contributed by atoms with Crippen molar-refractivity contribution in [1.82, 2.24) is 5.32 Å². The smallest absolute Gasteiger partial charge is 0.242 e. The van der Waals surface area contributed by atoms with Crippen molar-refractivity contribution >= 4 is 17.2 Å². The van der Waals surface area contributed by atoms with Gasteiger partial charge in [0.15, 0.2) is 0 Å². The summed E-state index contributed by atoms with van der Waals surface area (Å²) in [4.78, 5) is 12.8. The van der Waals surface area contributed by atoms with Gasteiger partial charge in [-0.05, 0) is 42.0 Å². The van der Waals surface area contributed by atoms with E-state index in [1.807, 2.05) is 17.5 Å². The maximum atomic E-state index is 13.5. The Hall–Kier alpha value is -1.72. The number of aryl methyl sites for hydroxylation is 2. The van der Waals surface area contributed by atoms with Gasteiger partial charge in [-0.3, -0.25) is 4.79 Å². The van der Waals surface area contributed by atoms with Gasteiger partial charge in [0, 0.05) is 11.4 Å². The lowest BCUT2D eigenvalue weighted by molar-refractivity contribution is -0.122. The van der Waals surface area contributed by atoms with E-state index < -0.39 is 6.04 Å². The predicted octanol–water partition coefficient (Wildman–Crippen LogP) is 2.82. The number of thiophene rings is 1. The number of hydrogen-bond donors (Lipinski definition) is 2. The molecule has 0 saturated carbocycles. The van der Waals surface area contributed by atoms with Crippen LogP contribution in [0.4, 0.5) is 4.39 Å². The molecule has 20 heavy (non-hydrogen) atoms. The van der Waals surface area contributed by atoms with E-state index >= 15 is 0 Å². The molecule has 0 bridgehead atoms. The number of rotatable bonds is 4. The van der Waals surface area contributed by atoms with Gasteiger partial charge in [0.25, 0.3) is 0 Å². The summed E-state index contributed by atoms with van der Waals surface area (Å²) in [6.45, 7) is 3.77. The van der Waals surface area contributed by atoms with Gasteiger partial charge in [0.1, 0.15) is 11.9 Å². The van der Waals surface area contributed by atoms with Crippen LogP contribution in [0.1, 0.15) is 27.6 Å². The van der Waals surface area contributed by atoms with E-state index in [0.717, 1.165) is 10.4 Å². The van der Waals surface area contributed by atoms with E-state index in [9.17, 15) is 9.18 Å². The van der Waals surface area contributed by atoms with Crippen LogP contribution in [0.5, 0.6) is 0 Å². The molecule has 3 nitrogen and oxygen atoms in total.